The Hall–Kier alpha value is -2.21. The molecule has 0 amide bonds. The summed E-state index contributed by atoms with van der Waals surface area (Å²) in [6.45, 7) is 5.86. The van der Waals surface area contributed by atoms with Crippen LogP contribution in [0.3, 0.4) is 0 Å². The Morgan fingerprint density at radius 1 is 1.32 bits per heavy atom. The van der Waals surface area contributed by atoms with E-state index in [1.807, 2.05) is 20.8 Å². The van der Waals surface area contributed by atoms with Gasteiger partial charge in [-0.3, -0.25) is 9.89 Å². The van der Waals surface area contributed by atoms with E-state index in [4.69, 9.17) is 11.6 Å². The molecule has 1 N–H and O–H groups in total. The normalized spacial score (nSPS) is 12.0. The first-order chi connectivity index (χ1) is 10.3. The Morgan fingerprint density at radius 3 is 2.64 bits per heavy atom. The summed E-state index contributed by atoms with van der Waals surface area (Å²) in [6.07, 6.45) is 2.63. The lowest BCUT2D eigenvalue weighted by atomic mass is 9.86. The lowest BCUT2D eigenvalue weighted by molar-refractivity contribution is 0.575. The van der Waals surface area contributed by atoms with Gasteiger partial charge in [-0.05, 0) is 23.1 Å². The molecule has 0 fully saturated rings. The van der Waals surface area contributed by atoms with Crippen LogP contribution in [0.1, 0.15) is 26.3 Å². The van der Waals surface area contributed by atoms with Gasteiger partial charge in [0.05, 0.1) is 11.6 Å². The fourth-order valence-corrected chi connectivity index (χ4v) is 2.40. The third-order valence-electron chi connectivity index (χ3n) is 3.50. The fourth-order valence-electron chi connectivity index (χ4n) is 2.22. The van der Waals surface area contributed by atoms with Crippen LogP contribution in [-0.4, -0.2) is 19.7 Å². The van der Waals surface area contributed by atoms with Gasteiger partial charge in [0.1, 0.15) is 22.7 Å². The molecule has 3 aromatic rings. The molecule has 0 aliphatic rings. The molecular formula is C15H14ClFN4O. The Kier molecular flexibility index (Phi) is 3.29. The molecule has 0 saturated carbocycles. The van der Waals surface area contributed by atoms with Crippen LogP contribution in [0.4, 0.5) is 4.39 Å². The summed E-state index contributed by atoms with van der Waals surface area (Å²) in [6, 6.07) is 3.09. The van der Waals surface area contributed by atoms with Gasteiger partial charge >= 0.3 is 0 Å². The molecule has 114 valence electrons. The van der Waals surface area contributed by atoms with Crippen LogP contribution < -0.4 is 5.56 Å². The maximum atomic E-state index is 14.3. The van der Waals surface area contributed by atoms with Gasteiger partial charge in [-0.25, -0.2) is 13.9 Å². The van der Waals surface area contributed by atoms with E-state index in [-0.39, 0.29) is 21.3 Å². The lowest BCUT2D eigenvalue weighted by Crippen LogP contribution is -2.21. The van der Waals surface area contributed by atoms with Crippen LogP contribution in [0.15, 0.2) is 29.5 Å². The highest BCUT2D eigenvalue weighted by molar-refractivity contribution is 6.32. The van der Waals surface area contributed by atoms with Gasteiger partial charge in [0.15, 0.2) is 5.82 Å². The van der Waals surface area contributed by atoms with E-state index in [2.05, 4.69) is 15.2 Å². The van der Waals surface area contributed by atoms with E-state index >= 15 is 0 Å². The van der Waals surface area contributed by atoms with Crippen LogP contribution in [0.2, 0.25) is 5.02 Å². The Bertz CT molecular complexity index is 923. The quantitative estimate of drug-likeness (QED) is 0.749. The smallest absolute Gasteiger partial charge is 0.267 e. The molecule has 0 bridgehead atoms. The second-order valence-corrected chi connectivity index (χ2v) is 6.50. The Balaban J connectivity index is 2.35. The first-order valence-electron chi connectivity index (χ1n) is 6.69. The summed E-state index contributed by atoms with van der Waals surface area (Å²) in [4.78, 5) is 16.7. The Labute approximate surface area is 130 Å². The van der Waals surface area contributed by atoms with Gasteiger partial charge < -0.3 is 0 Å². The van der Waals surface area contributed by atoms with Gasteiger partial charge in [0, 0.05) is 0 Å². The van der Waals surface area contributed by atoms with E-state index in [0.29, 0.717) is 5.82 Å². The van der Waals surface area contributed by atoms with Gasteiger partial charge in [-0.1, -0.05) is 32.4 Å². The maximum absolute atomic E-state index is 14.3. The van der Waals surface area contributed by atoms with Gasteiger partial charge in [-0.15, -0.1) is 0 Å². The molecule has 0 aliphatic carbocycles. The summed E-state index contributed by atoms with van der Waals surface area (Å²) in [5, 5.41) is 6.90. The van der Waals surface area contributed by atoms with Crippen LogP contribution >= 0.6 is 11.6 Å². The number of rotatable bonds is 1. The second kappa shape index (κ2) is 4.91. The van der Waals surface area contributed by atoms with Crippen LogP contribution in [0, 0.1) is 5.82 Å². The van der Waals surface area contributed by atoms with Crippen molar-refractivity contribution in [3.8, 4) is 5.82 Å². The molecule has 0 saturated heterocycles. The molecule has 0 unspecified atom stereocenters. The van der Waals surface area contributed by atoms with E-state index in [0.717, 1.165) is 5.56 Å². The fraction of sp³-hybridized carbons (Fsp3) is 0.267. The lowest BCUT2D eigenvalue weighted by Gasteiger charge is -2.19. The molecule has 0 aliphatic heterocycles. The molecule has 3 rings (SSSR count). The average molecular weight is 321 g/mol. The zero-order valence-electron chi connectivity index (χ0n) is 12.3. The van der Waals surface area contributed by atoms with Crippen molar-refractivity contribution in [1.82, 2.24) is 19.7 Å². The summed E-state index contributed by atoms with van der Waals surface area (Å²) >= 11 is 5.98. The van der Waals surface area contributed by atoms with E-state index in [1.54, 1.807) is 6.07 Å². The number of H-pyrrole nitrogens is 1. The highest BCUT2D eigenvalue weighted by Gasteiger charge is 2.19. The van der Waals surface area contributed by atoms with E-state index in [1.165, 1.54) is 23.2 Å². The number of fused-ring (bicyclic) bond motifs is 1. The minimum Gasteiger partial charge on any atom is -0.268 e. The van der Waals surface area contributed by atoms with Crippen molar-refractivity contribution in [2.24, 2.45) is 0 Å². The van der Waals surface area contributed by atoms with Crippen molar-refractivity contribution in [2.45, 2.75) is 26.2 Å². The first kappa shape index (κ1) is 14.7. The predicted octanol–water partition coefficient (Wildman–Crippen LogP) is 3.20. The summed E-state index contributed by atoms with van der Waals surface area (Å²) in [5.74, 6) is -0.204. The van der Waals surface area contributed by atoms with Crippen LogP contribution in [-0.2, 0) is 5.41 Å². The highest BCUT2D eigenvalue weighted by Crippen LogP contribution is 2.26. The monoisotopic (exact) mass is 320 g/mol. The number of aromatic nitrogens is 4. The molecule has 0 atom stereocenters. The third-order valence-corrected chi connectivity index (χ3v) is 3.77. The van der Waals surface area contributed by atoms with Gasteiger partial charge in [-0.2, -0.15) is 5.10 Å². The molecule has 22 heavy (non-hydrogen) atoms. The zero-order valence-corrected chi connectivity index (χ0v) is 13.1. The maximum Gasteiger partial charge on any atom is 0.267 e. The number of halogens is 2. The number of benzene rings is 1. The number of hydrogen-bond donors (Lipinski definition) is 1. The van der Waals surface area contributed by atoms with Crippen LogP contribution in [0.25, 0.3) is 16.7 Å². The molecule has 0 radical (unpaired) electrons. The second-order valence-electron chi connectivity index (χ2n) is 6.09. The minimum atomic E-state index is -0.512. The minimum absolute atomic E-state index is 0.0462. The molecule has 7 heteroatoms. The topological polar surface area (TPSA) is 63.6 Å². The Morgan fingerprint density at radius 2 is 2.05 bits per heavy atom. The molecule has 5 nitrogen and oxygen atoms in total. The third kappa shape index (κ3) is 2.29. The van der Waals surface area contributed by atoms with E-state index < -0.39 is 11.4 Å². The molecule has 0 spiro atoms. The van der Waals surface area contributed by atoms with Crippen molar-refractivity contribution in [3.63, 3.8) is 0 Å². The summed E-state index contributed by atoms with van der Waals surface area (Å²) in [5.41, 5.74) is 0.0872. The largest absolute Gasteiger partial charge is 0.268 e. The number of nitrogens with zero attached hydrogens (tertiary/aromatic N) is 3. The van der Waals surface area contributed by atoms with Crippen molar-refractivity contribution in [2.75, 3.05) is 0 Å². The van der Waals surface area contributed by atoms with Gasteiger partial charge in [0.2, 0.25) is 0 Å². The summed E-state index contributed by atoms with van der Waals surface area (Å²) < 4.78 is 15.5. The number of hydrogen-bond acceptors (Lipinski definition) is 3. The molecule has 2 heterocycles. The summed E-state index contributed by atoms with van der Waals surface area (Å²) in [7, 11) is 0. The van der Waals surface area contributed by atoms with Gasteiger partial charge in [0.25, 0.3) is 5.56 Å². The molecular weight excluding hydrogens is 307 g/mol. The van der Waals surface area contributed by atoms with Crippen molar-refractivity contribution in [3.05, 3.63) is 51.4 Å². The number of aromatic amines is 1. The van der Waals surface area contributed by atoms with E-state index in [9.17, 15) is 9.18 Å². The standard InChI is InChI=1S/C15H14ClFN4O/c1-15(2,3)8-4-9-12(11(17)5-8)18-7-21(14(9)22)13-10(16)6-19-20-13/h4-7H,1-3H3,(H,19,20). The average Bonchev–Trinajstić information content (AvgIpc) is 2.85. The highest BCUT2D eigenvalue weighted by atomic mass is 35.5. The first-order valence-corrected chi connectivity index (χ1v) is 7.07. The van der Waals surface area contributed by atoms with Crippen molar-refractivity contribution < 1.29 is 4.39 Å². The predicted molar refractivity (Wildman–Crippen MR) is 83.2 cm³/mol. The van der Waals surface area contributed by atoms with Crippen molar-refractivity contribution in [1.29, 1.82) is 0 Å². The van der Waals surface area contributed by atoms with Crippen LogP contribution in [0.5, 0.6) is 0 Å². The zero-order chi connectivity index (χ0) is 16.1. The molecule has 1 aromatic carbocycles. The molecule has 2 aromatic heterocycles. The SMILES string of the molecule is CC(C)(C)c1cc(F)c2ncn(-c3[nH]ncc3Cl)c(=O)c2c1. The van der Waals surface area contributed by atoms with Crippen molar-refractivity contribution >= 4 is 22.5 Å². The number of nitrogens with one attached hydrogen (secondary N) is 1.